The van der Waals surface area contributed by atoms with Crippen LogP contribution in [0.4, 0.5) is 23.7 Å². The van der Waals surface area contributed by atoms with Gasteiger partial charge in [0.15, 0.2) is 0 Å². The fourth-order valence-corrected chi connectivity index (χ4v) is 4.67. The van der Waals surface area contributed by atoms with E-state index in [9.17, 15) is 31.2 Å². The molecule has 0 atom stereocenters. The van der Waals surface area contributed by atoms with E-state index in [1.165, 1.54) is 16.9 Å². The minimum absolute atomic E-state index is 0.248. The molecule has 12 heteroatoms. The molecule has 3 rings (SSSR count). The van der Waals surface area contributed by atoms with Crippen molar-refractivity contribution in [3.8, 4) is 0 Å². The highest BCUT2D eigenvalue weighted by Gasteiger charge is 2.42. The Morgan fingerprint density at radius 2 is 1.56 bits per heavy atom. The number of hydrogen-bond donors (Lipinski definition) is 4. The van der Waals surface area contributed by atoms with Crippen molar-refractivity contribution in [2.75, 3.05) is 11.9 Å². The van der Waals surface area contributed by atoms with Gasteiger partial charge >= 0.3 is 12.2 Å². The van der Waals surface area contributed by atoms with Gasteiger partial charge in [0, 0.05) is 12.2 Å². The standard InChI is InChI=1S/C22H25F3N4O4S/c23-22(24,25)15-27-34(32,33)18-10-8-17(9-11-18)28-19(30)21(12-4-5-13-21)29-20(31)26-14-16-6-2-1-3-7-16/h1-3,6-11,27H,4-5,12-15H2,(H,28,30)(H2,26,29,31). The second-order valence-corrected chi connectivity index (χ2v) is 9.77. The van der Waals surface area contributed by atoms with Gasteiger partial charge in [-0.15, -0.1) is 0 Å². The molecule has 0 saturated heterocycles. The van der Waals surface area contributed by atoms with Crippen LogP contribution in [-0.2, 0) is 21.4 Å². The van der Waals surface area contributed by atoms with E-state index in [0.717, 1.165) is 30.5 Å². The van der Waals surface area contributed by atoms with E-state index in [0.29, 0.717) is 19.4 Å². The Kier molecular flexibility index (Phi) is 7.82. The number of amides is 3. The van der Waals surface area contributed by atoms with Crippen molar-refractivity contribution in [1.82, 2.24) is 15.4 Å². The van der Waals surface area contributed by atoms with Crippen molar-refractivity contribution in [1.29, 1.82) is 0 Å². The van der Waals surface area contributed by atoms with Crippen LogP contribution in [0.1, 0.15) is 31.2 Å². The van der Waals surface area contributed by atoms with Crippen LogP contribution in [0.2, 0.25) is 0 Å². The van der Waals surface area contributed by atoms with Gasteiger partial charge in [-0.25, -0.2) is 17.9 Å². The van der Waals surface area contributed by atoms with Crippen molar-refractivity contribution < 1.29 is 31.2 Å². The number of hydrogen-bond acceptors (Lipinski definition) is 4. The van der Waals surface area contributed by atoms with E-state index >= 15 is 0 Å². The number of nitrogens with one attached hydrogen (secondary N) is 4. The maximum absolute atomic E-state index is 13.0. The zero-order valence-electron chi connectivity index (χ0n) is 18.1. The largest absolute Gasteiger partial charge is 0.402 e. The van der Waals surface area contributed by atoms with E-state index in [-0.39, 0.29) is 10.6 Å². The third-order valence-electron chi connectivity index (χ3n) is 5.43. The molecule has 0 unspecified atom stereocenters. The summed E-state index contributed by atoms with van der Waals surface area (Å²) in [6.07, 6.45) is -2.32. The van der Waals surface area contributed by atoms with Crippen LogP contribution in [-0.4, -0.2) is 38.6 Å². The lowest BCUT2D eigenvalue weighted by atomic mass is 9.96. The molecule has 2 aromatic carbocycles. The highest BCUT2D eigenvalue weighted by molar-refractivity contribution is 7.89. The Bertz CT molecular complexity index is 1100. The minimum atomic E-state index is -4.68. The van der Waals surface area contributed by atoms with E-state index in [2.05, 4.69) is 16.0 Å². The summed E-state index contributed by atoms with van der Waals surface area (Å²) >= 11 is 0. The van der Waals surface area contributed by atoms with E-state index < -0.39 is 40.2 Å². The molecule has 3 amide bonds. The summed E-state index contributed by atoms with van der Waals surface area (Å²) in [5.41, 5.74) is 0.0275. The molecule has 4 N–H and O–H groups in total. The van der Waals surface area contributed by atoms with Crippen LogP contribution in [0.5, 0.6) is 0 Å². The normalized spacial score (nSPS) is 15.5. The molecule has 2 aromatic rings. The number of sulfonamides is 1. The van der Waals surface area contributed by atoms with Gasteiger partial charge in [-0.3, -0.25) is 4.79 Å². The van der Waals surface area contributed by atoms with Gasteiger partial charge in [-0.1, -0.05) is 43.2 Å². The Hall–Kier alpha value is -3.12. The summed E-state index contributed by atoms with van der Waals surface area (Å²) in [5.74, 6) is -0.453. The number of carbonyl (C=O) groups excluding carboxylic acids is 2. The second-order valence-electron chi connectivity index (χ2n) is 8.00. The molecule has 0 bridgehead atoms. The monoisotopic (exact) mass is 498 g/mol. The lowest BCUT2D eigenvalue weighted by molar-refractivity contribution is -0.122. The highest BCUT2D eigenvalue weighted by atomic mass is 32.2. The highest BCUT2D eigenvalue weighted by Crippen LogP contribution is 2.31. The first kappa shape index (κ1) is 25.5. The maximum Gasteiger partial charge on any atom is 0.402 e. The first-order valence-electron chi connectivity index (χ1n) is 10.6. The molecule has 1 aliphatic rings. The van der Waals surface area contributed by atoms with E-state index in [1.54, 1.807) is 0 Å². The Morgan fingerprint density at radius 3 is 2.15 bits per heavy atom. The van der Waals surface area contributed by atoms with Gasteiger partial charge in [-0.05, 0) is 42.7 Å². The predicted molar refractivity (Wildman–Crippen MR) is 119 cm³/mol. The molecule has 184 valence electrons. The van der Waals surface area contributed by atoms with Crippen LogP contribution in [0.3, 0.4) is 0 Å². The number of rotatable bonds is 8. The molecule has 0 aliphatic heterocycles. The van der Waals surface area contributed by atoms with Gasteiger partial charge in [0.1, 0.15) is 12.1 Å². The average Bonchev–Trinajstić information content (AvgIpc) is 3.27. The second kappa shape index (κ2) is 10.4. The molecule has 1 fully saturated rings. The van der Waals surface area contributed by atoms with Gasteiger partial charge in [-0.2, -0.15) is 13.2 Å². The van der Waals surface area contributed by atoms with Gasteiger partial charge in [0.25, 0.3) is 0 Å². The molecule has 8 nitrogen and oxygen atoms in total. The summed E-state index contributed by atoms with van der Waals surface area (Å²) in [6, 6.07) is 13.5. The summed E-state index contributed by atoms with van der Waals surface area (Å²) in [4.78, 5) is 25.1. The molecule has 0 heterocycles. The zero-order chi connectivity index (χ0) is 24.8. The van der Waals surface area contributed by atoms with Crippen molar-refractivity contribution in [3.63, 3.8) is 0 Å². The summed E-state index contributed by atoms with van der Waals surface area (Å²) in [6.45, 7) is -1.39. The first-order valence-corrected chi connectivity index (χ1v) is 12.1. The van der Waals surface area contributed by atoms with Gasteiger partial charge < -0.3 is 16.0 Å². The van der Waals surface area contributed by atoms with Crippen LogP contribution in [0.15, 0.2) is 59.5 Å². The molecule has 34 heavy (non-hydrogen) atoms. The predicted octanol–water partition coefficient (Wildman–Crippen LogP) is 3.28. The fourth-order valence-electron chi connectivity index (χ4n) is 3.66. The molecular formula is C22H25F3N4O4S. The Morgan fingerprint density at radius 1 is 0.941 bits per heavy atom. The third-order valence-corrected chi connectivity index (χ3v) is 6.84. The summed E-state index contributed by atoms with van der Waals surface area (Å²) < 4.78 is 62.4. The van der Waals surface area contributed by atoms with Crippen LogP contribution in [0, 0.1) is 0 Å². The van der Waals surface area contributed by atoms with Crippen molar-refractivity contribution in [3.05, 3.63) is 60.2 Å². The smallest absolute Gasteiger partial charge is 0.334 e. The molecule has 0 radical (unpaired) electrons. The van der Waals surface area contributed by atoms with Crippen molar-refractivity contribution in [2.24, 2.45) is 0 Å². The third kappa shape index (κ3) is 6.94. The quantitative estimate of drug-likeness (QED) is 0.447. The number of halogens is 3. The number of alkyl halides is 3. The van der Waals surface area contributed by atoms with E-state index in [4.69, 9.17) is 0 Å². The molecule has 1 saturated carbocycles. The average molecular weight is 499 g/mol. The van der Waals surface area contributed by atoms with Gasteiger partial charge in [0.2, 0.25) is 15.9 Å². The molecule has 0 spiro atoms. The van der Waals surface area contributed by atoms with Crippen molar-refractivity contribution >= 4 is 27.6 Å². The Labute approximate surface area is 195 Å². The first-order chi connectivity index (χ1) is 16.0. The van der Waals surface area contributed by atoms with Crippen LogP contribution in [0.25, 0.3) is 0 Å². The molecule has 1 aliphatic carbocycles. The lowest BCUT2D eigenvalue weighted by Crippen LogP contribution is -2.57. The fraction of sp³-hybridized carbons (Fsp3) is 0.364. The molecule has 0 aromatic heterocycles. The van der Waals surface area contributed by atoms with Gasteiger partial charge in [0.05, 0.1) is 4.90 Å². The number of benzene rings is 2. The molecular weight excluding hydrogens is 473 g/mol. The summed E-state index contributed by atoms with van der Waals surface area (Å²) in [7, 11) is -4.36. The number of anilines is 1. The van der Waals surface area contributed by atoms with E-state index in [1.807, 2.05) is 30.3 Å². The minimum Gasteiger partial charge on any atom is -0.334 e. The van der Waals surface area contributed by atoms with Crippen LogP contribution < -0.4 is 20.7 Å². The topological polar surface area (TPSA) is 116 Å². The SMILES string of the molecule is O=C(NCc1ccccc1)NC1(C(=O)Nc2ccc(S(=O)(=O)NCC(F)(F)F)cc2)CCCC1. The lowest BCUT2D eigenvalue weighted by Gasteiger charge is -2.29. The summed E-state index contributed by atoms with van der Waals surface area (Å²) in [5, 5.41) is 8.17. The number of urea groups is 1. The maximum atomic E-state index is 13.0. The zero-order valence-corrected chi connectivity index (χ0v) is 18.9. The Balaban J connectivity index is 1.62. The van der Waals surface area contributed by atoms with Crippen molar-refractivity contribution in [2.45, 2.75) is 48.8 Å². The number of carbonyl (C=O) groups is 2. The van der Waals surface area contributed by atoms with Crippen LogP contribution >= 0.6 is 0 Å².